The van der Waals surface area contributed by atoms with E-state index in [1.807, 2.05) is 24.3 Å². The Morgan fingerprint density at radius 3 is 2.79 bits per heavy atom. The summed E-state index contributed by atoms with van der Waals surface area (Å²) in [5, 5.41) is 24.9. The lowest BCUT2D eigenvalue weighted by Crippen LogP contribution is -2.37. The van der Waals surface area contributed by atoms with Crippen LogP contribution in [0.2, 0.25) is 0 Å². The van der Waals surface area contributed by atoms with Gasteiger partial charge in [0.1, 0.15) is 24.5 Å². The zero-order valence-corrected chi connectivity index (χ0v) is 21.9. The van der Waals surface area contributed by atoms with Crippen LogP contribution in [0.25, 0.3) is 0 Å². The van der Waals surface area contributed by atoms with Crippen molar-refractivity contribution in [2.75, 3.05) is 43.4 Å². The highest BCUT2D eigenvalue weighted by molar-refractivity contribution is 5.76. The standard InChI is InChI=1S/C28H34N8O3/c29-18-21-19-32-28(33-20-21)35-24(27(37)38)11-15-36(16-17-39-25-8-1-3-12-30-25)14-4-2-7-23-10-9-22-6-5-13-31-26(22)34-23/h1,3,8-10,12,19-20,24H,2,4-7,11,13-17H2,(H,31,34)(H,37,38)(H,32,33,35)/t24-/m0/s1. The van der Waals surface area contributed by atoms with E-state index in [4.69, 9.17) is 15.0 Å². The fraction of sp³-hybridized carbons (Fsp3) is 0.429. The molecule has 3 aromatic heterocycles. The van der Waals surface area contributed by atoms with Crippen LogP contribution >= 0.6 is 0 Å². The maximum absolute atomic E-state index is 11.9. The molecule has 1 aliphatic rings. The number of rotatable bonds is 15. The van der Waals surface area contributed by atoms with E-state index in [1.54, 1.807) is 6.20 Å². The Bertz CT molecular complexity index is 1230. The molecule has 0 aliphatic carbocycles. The van der Waals surface area contributed by atoms with Crippen molar-refractivity contribution >= 4 is 17.7 Å². The smallest absolute Gasteiger partial charge is 0.326 e. The van der Waals surface area contributed by atoms with E-state index >= 15 is 0 Å². The topological polar surface area (TPSA) is 149 Å². The predicted molar refractivity (Wildman–Crippen MR) is 147 cm³/mol. The van der Waals surface area contributed by atoms with Crippen molar-refractivity contribution in [1.29, 1.82) is 5.26 Å². The molecule has 0 saturated heterocycles. The third-order valence-corrected chi connectivity index (χ3v) is 6.52. The number of carboxylic acid groups (broad SMARTS) is 1. The number of nitrogens with one attached hydrogen (secondary N) is 2. The second kappa shape index (κ2) is 14.6. The van der Waals surface area contributed by atoms with Crippen molar-refractivity contribution in [3.8, 4) is 11.9 Å². The average Bonchev–Trinajstić information content (AvgIpc) is 2.97. The Morgan fingerprint density at radius 2 is 2.03 bits per heavy atom. The number of aliphatic carboxylic acids is 1. The van der Waals surface area contributed by atoms with Gasteiger partial charge in [0, 0.05) is 37.6 Å². The summed E-state index contributed by atoms with van der Waals surface area (Å²) in [5.74, 6) is 0.774. The third kappa shape index (κ3) is 8.90. The van der Waals surface area contributed by atoms with Gasteiger partial charge >= 0.3 is 5.97 Å². The fourth-order valence-corrected chi connectivity index (χ4v) is 4.38. The number of anilines is 2. The van der Waals surface area contributed by atoms with Gasteiger partial charge in [-0.25, -0.2) is 24.7 Å². The number of carbonyl (C=O) groups is 1. The second-order valence-electron chi connectivity index (χ2n) is 9.39. The van der Waals surface area contributed by atoms with Crippen LogP contribution in [0.4, 0.5) is 11.8 Å². The quantitative estimate of drug-likeness (QED) is 0.249. The van der Waals surface area contributed by atoms with Crippen LogP contribution < -0.4 is 15.4 Å². The number of nitrogens with zero attached hydrogens (tertiary/aromatic N) is 6. The van der Waals surface area contributed by atoms with Gasteiger partial charge in [-0.15, -0.1) is 0 Å². The number of fused-ring (bicyclic) bond motifs is 1. The van der Waals surface area contributed by atoms with Crippen LogP contribution in [-0.2, 0) is 17.6 Å². The van der Waals surface area contributed by atoms with Crippen molar-refractivity contribution in [2.45, 2.75) is 44.6 Å². The first-order chi connectivity index (χ1) is 19.1. The summed E-state index contributed by atoms with van der Waals surface area (Å²) < 4.78 is 5.79. The highest BCUT2D eigenvalue weighted by Crippen LogP contribution is 2.20. The number of aromatic nitrogens is 4. The molecule has 4 heterocycles. The number of unbranched alkanes of at least 4 members (excludes halogenated alkanes) is 1. The molecule has 0 fully saturated rings. The minimum absolute atomic E-state index is 0.179. The maximum atomic E-state index is 11.9. The Balaban J connectivity index is 1.29. The van der Waals surface area contributed by atoms with Gasteiger partial charge in [0.15, 0.2) is 0 Å². The van der Waals surface area contributed by atoms with Crippen molar-refractivity contribution in [2.24, 2.45) is 0 Å². The first-order valence-electron chi connectivity index (χ1n) is 13.3. The number of hydrogen-bond acceptors (Lipinski definition) is 10. The highest BCUT2D eigenvalue weighted by atomic mass is 16.5. The summed E-state index contributed by atoms with van der Waals surface area (Å²) in [6.07, 6.45) is 9.80. The van der Waals surface area contributed by atoms with Crippen LogP contribution in [0.5, 0.6) is 5.88 Å². The lowest BCUT2D eigenvalue weighted by Gasteiger charge is -2.24. The van der Waals surface area contributed by atoms with E-state index in [0.29, 0.717) is 37.6 Å². The number of carboxylic acids is 1. The van der Waals surface area contributed by atoms with Gasteiger partial charge in [0.2, 0.25) is 11.8 Å². The summed E-state index contributed by atoms with van der Waals surface area (Å²) in [6.45, 7) is 3.40. The average molecular weight is 531 g/mol. The molecule has 11 heteroatoms. The summed E-state index contributed by atoms with van der Waals surface area (Å²) >= 11 is 0. The first-order valence-corrected chi connectivity index (χ1v) is 13.3. The highest BCUT2D eigenvalue weighted by Gasteiger charge is 2.20. The molecular weight excluding hydrogens is 496 g/mol. The van der Waals surface area contributed by atoms with Gasteiger partial charge in [-0.2, -0.15) is 5.26 Å². The molecule has 0 radical (unpaired) electrons. The molecular formula is C28H34N8O3. The van der Waals surface area contributed by atoms with E-state index in [2.05, 4.69) is 42.6 Å². The van der Waals surface area contributed by atoms with Crippen molar-refractivity contribution < 1.29 is 14.6 Å². The number of pyridine rings is 2. The van der Waals surface area contributed by atoms with Gasteiger partial charge in [0.25, 0.3) is 0 Å². The molecule has 11 nitrogen and oxygen atoms in total. The summed E-state index contributed by atoms with van der Waals surface area (Å²) in [6, 6.07) is 10.9. The zero-order valence-electron chi connectivity index (χ0n) is 21.9. The van der Waals surface area contributed by atoms with Crippen LogP contribution in [0, 0.1) is 11.3 Å². The Labute approximate surface area is 228 Å². The number of aryl methyl sites for hydroxylation is 2. The Kier molecular flexibility index (Phi) is 10.4. The van der Waals surface area contributed by atoms with E-state index in [1.165, 1.54) is 18.0 Å². The monoisotopic (exact) mass is 530 g/mol. The Hall–Kier alpha value is -4.30. The minimum Gasteiger partial charge on any atom is -0.480 e. The molecule has 1 atom stereocenters. The first kappa shape index (κ1) is 27.7. The maximum Gasteiger partial charge on any atom is 0.326 e. The summed E-state index contributed by atoms with van der Waals surface area (Å²) in [5.41, 5.74) is 2.69. The van der Waals surface area contributed by atoms with Gasteiger partial charge in [-0.05, 0) is 62.8 Å². The van der Waals surface area contributed by atoms with E-state index in [0.717, 1.165) is 56.7 Å². The molecule has 0 saturated carbocycles. The molecule has 0 amide bonds. The van der Waals surface area contributed by atoms with E-state index < -0.39 is 12.0 Å². The molecule has 4 rings (SSSR count). The van der Waals surface area contributed by atoms with E-state index in [-0.39, 0.29) is 5.95 Å². The van der Waals surface area contributed by atoms with Crippen LogP contribution in [-0.4, -0.2) is 74.7 Å². The molecule has 39 heavy (non-hydrogen) atoms. The largest absolute Gasteiger partial charge is 0.480 e. The molecule has 0 spiro atoms. The van der Waals surface area contributed by atoms with Gasteiger partial charge in [-0.3, -0.25) is 4.90 Å². The minimum atomic E-state index is -0.986. The lowest BCUT2D eigenvalue weighted by molar-refractivity contribution is -0.138. The molecule has 0 aromatic carbocycles. The lowest BCUT2D eigenvalue weighted by atomic mass is 10.1. The normalized spacial score (nSPS) is 13.1. The van der Waals surface area contributed by atoms with Crippen molar-refractivity contribution in [1.82, 2.24) is 24.8 Å². The SMILES string of the molecule is N#Cc1cnc(N[C@@H](CCN(CCCCc2ccc3c(n2)NCCC3)CCOc2ccccn2)C(=O)O)nc1. The molecule has 0 bridgehead atoms. The van der Waals surface area contributed by atoms with Crippen LogP contribution in [0.15, 0.2) is 48.9 Å². The molecule has 1 aliphatic heterocycles. The number of nitriles is 1. The van der Waals surface area contributed by atoms with Crippen molar-refractivity contribution in [3.05, 3.63) is 65.7 Å². The fourth-order valence-electron chi connectivity index (χ4n) is 4.38. The number of hydrogen-bond donors (Lipinski definition) is 3. The predicted octanol–water partition coefficient (Wildman–Crippen LogP) is 3.16. The molecule has 3 N–H and O–H groups in total. The van der Waals surface area contributed by atoms with Gasteiger partial charge in [-0.1, -0.05) is 12.1 Å². The van der Waals surface area contributed by atoms with Gasteiger partial charge < -0.3 is 20.5 Å². The zero-order chi connectivity index (χ0) is 27.3. The number of ether oxygens (including phenoxy) is 1. The molecule has 3 aromatic rings. The van der Waals surface area contributed by atoms with E-state index in [9.17, 15) is 9.90 Å². The van der Waals surface area contributed by atoms with Crippen LogP contribution in [0.1, 0.15) is 42.5 Å². The Morgan fingerprint density at radius 1 is 1.15 bits per heavy atom. The van der Waals surface area contributed by atoms with Crippen molar-refractivity contribution in [3.63, 3.8) is 0 Å². The summed E-state index contributed by atoms with van der Waals surface area (Å²) in [7, 11) is 0. The molecule has 204 valence electrons. The molecule has 0 unspecified atom stereocenters. The third-order valence-electron chi connectivity index (χ3n) is 6.52. The van der Waals surface area contributed by atoms with Gasteiger partial charge in [0.05, 0.1) is 18.0 Å². The van der Waals surface area contributed by atoms with Crippen LogP contribution in [0.3, 0.4) is 0 Å². The summed E-state index contributed by atoms with van der Waals surface area (Å²) in [4.78, 5) is 31.2. The second-order valence-corrected chi connectivity index (χ2v) is 9.39.